The number of halogens is 1. The van der Waals surface area contributed by atoms with Gasteiger partial charge in [-0.3, -0.25) is 4.68 Å². The third kappa shape index (κ3) is 2.62. The van der Waals surface area contributed by atoms with Crippen LogP contribution in [-0.2, 0) is 6.54 Å². The summed E-state index contributed by atoms with van der Waals surface area (Å²) in [6.45, 7) is 5.95. The van der Waals surface area contributed by atoms with Crippen molar-refractivity contribution in [2.24, 2.45) is 0 Å². The maximum Gasteiger partial charge on any atom is 0.106 e. The molecule has 6 nitrogen and oxygen atoms in total. The summed E-state index contributed by atoms with van der Waals surface area (Å²) in [5.41, 5.74) is 1.96. The Balaban J connectivity index is 2.39. The van der Waals surface area contributed by atoms with E-state index in [1.807, 2.05) is 10.9 Å². The summed E-state index contributed by atoms with van der Waals surface area (Å²) < 4.78 is 3.00. The second-order valence-electron chi connectivity index (χ2n) is 3.99. The summed E-state index contributed by atoms with van der Waals surface area (Å²) >= 11 is 3.56. The monoisotopic (exact) mass is 312 g/mol. The fraction of sp³-hybridized carbons (Fsp3) is 0.545. The van der Waals surface area contributed by atoms with E-state index in [9.17, 15) is 0 Å². The molecule has 0 spiro atoms. The standard InChI is InChI=1S/C11H17BrN6/c1-3-5-18-11(8(12)6-15-18)10(13-4-2)9-7-14-17-16-9/h6-7,10,13H,3-5H2,1-2H3,(H,14,16,17). The Morgan fingerprint density at radius 2 is 2.28 bits per heavy atom. The maximum atomic E-state index is 4.39. The van der Waals surface area contributed by atoms with Crippen LogP contribution in [0, 0.1) is 0 Å². The van der Waals surface area contributed by atoms with Crippen LogP contribution in [0.15, 0.2) is 16.9 Å². The highest BCUT2D eigenvalue weighted by Gasteiger charge is 2.22. The molecular weight excluding hydrogens is 296 g/mol. The van der Waals surface area contributed by atoms with Crippen LogP contribution >= 0.6 is 15.9 Å². The largest absolute Gasteiger partial charge is 0.304 e. The van der Waals surface area contributed by atoms with E-state index in [4.69, 9.17) is 0 Å². The predicted molar refractivity (Wildman–Crippen MR) is 72.1 cm³/mol. The Hall–Kier alpha value is -1.21. The van der Waals surface area contributed by atoms with Gasteiger partial charge in [0.05, 0.1) is 28.6 Å². The van der Waals surface area contributed by atoms with Crippen molar-refractivity contribution >= 4 is 15.9 Å². The van der Waals surface area contributed by atoms with E-state index in [1.165, 1.54) is 0 Å². The van der Waals surface area contributed by atoms with Crippen molar-refractivity contribution in [1.82, 2.24) is 30.5 Å². The van der Waals surface area contributed by atoms with E-state index in [0.29, 0.717) is 0 Å². The van der Waals surface area contributed by atoms with Crippen molar-refractivity contribution < 1.29 is 0 Å². The number of hydrogen-bond acceptors (Lipinski definition) is 4. The fourth-order valence-corrected chi connectivity index (χ4v) is 2.47. The zero-order valence-corrected chi connectivity index (χ0v) is 12.1. The molecule has 0 saturated carbocycles. The Labute approximate surface area is 114 Å². The number of hydrogen-bond donors (Lipinski definition) is 2. The predicted octanol–water partition coefficient (Wildman–Crippen LogP) is 1.87. The molecule has 0 bridgehead atoms. The van der Waals surface area contributed by atoms with Gasteiger partial charge in [0.2, 0.25) is 0 Å². The first kappa shape index (κ1) is 13.2. The average molecular weight is 313 g/mol. The highest BCUT2D eigenvalue weighted by Crippen LogP contribution is 2.27. The van der Waals surface area contributed by atoms with Crippen LogP contribution in [0.25, 0.3) is 0 Å². The van der Waals surface area contributed by atoms with E-state index in [0.717, 1.165) is 35.4 Å². The van der Waals surface area contributed by atoms with Crippen LogP contribution in [0.1, 0.15) is 37.7 Å². The van der Waals surface area contributed by atoms with Gasteiger partial charge in [0, 0.05) is 6.54 Å². The zero-order valence-electron chi connectivity index (χ0n) is 10.5. The van der Waals surface area contributed by atoms with Gasteiger partial charge in [0.25, 0.3) is 0 Å². The van der Waals surface area contributed by atoms with Crippen molar-refractivity contribution in [3.8, 4) is 0 Å². The molecule has 0 amide bonds. The summed E-state index contributed by atoms with van der Waals surface area (Å²) in [6.07, 6.45) is 4.61. The molecule has 0 saturated heterocycles. The second kappa shape index (κ2) is 6.10. The molecule has 2 aromatic rings. The second-order valence-corrected chi connectivity index (χ2v) is 4.84. The third-order valence-corrected chi connectivity index (χ3v) is 3.29. The van der Waals surface area contributed by atoms with Crippen molar-refractivity contribution in [1.29, 1.82) is 0 Å². The van der Waals surface area contributed by atoms with Gasteiger partial charge >= 0.3 is 0 Å². The lowest BCUT2D eigenvalue weighted by Crippen LogP contribution is -2.25. The number of rotatable bonds is 6. The Bertz CT molecular complexity index is 478. The molecule has 1 atom stereocenters. The molecule has 7 heteroatoms. The van der Waals surface area contributed by atoms with Crippen LogP contribution < -0.4 is 5.32 Å². The number of nitrogens with one attached hydrogen (secondary N) is 2. The molecule has 98 valence electrons. The minimum atomic E-state index is -0.00262. The number of aromatic amines is 1. The van der Waals surface area contributed by atoms with Gasteiger partial charge in [-0.1, -0.05) is 13.8 Å². The first-order valence-corrected chi connectivity index (χ1v) is 6.87. The van der Waals surface area contributed by atoms with Crippen molar-refractivity contribution in [3.63, 3.8) is 0 Å². The lowest BCUT2D eigenvalue weighted by molar-refractivity contribution is 0.512. The molecule has 0 radical (unpaired) electrons. The molecule has 0 aromatic carbocycles. The quantitative estimate of drug-likeness (QED) is 0.854. The fourth-order valence-electron chi connectivity index (χ4n) is 1.94. The minimum absolute atomic E-state index is 0.00262. The molecule has 0 aliphatic rings. The topological polar surface area (TPSA) is 71.4 Å². The summed E-state index contributed by atoms with van der Waals surface area (Å²) in [6, 6.07) is -0.00262. The Morgan fingerprint density at radius 3 is 2.89 bits per heavy atom. The van der Waals surface area contributed by atoms with Gasteiger partial charge in [-0.25, -0.2) is 0 Å². The molecule has 0 aliphatic heterocycles. The van der Waals surface area contributed by atoms with Gasteiger partial charge in [0.15, 0.2) is 0 Å². The SMILES string of the molecule is CCCn1ncc(Br)c1C(NCC)c1cn[nH]n1. The van der Waals surface area contributed by atoms with Gasteiger partial charge in [-0.15, -0.1) is 0 Å². The van der Waals surface area contributed by atoms with Crippen LogP contribution in [0.2, 0.25) is 0 Å². The smallest absolute Gasteiger partial charge is 0.106 e. The molecule has 2 heterocycles. The number of nitrogens with zero attached hydrogens (tertiary/aromatic N) is 4. The van der Waals surface area contributed by atoms with E-state index < -0.39 is 0 Å². The number of aryl methyl sites for hydroxylation is 1. The summed E-state index contributed by atoms with van der Waals surface area (Å²) in [7, 11) is 0. The highest BCUT2D eigenvalue weighted by atomic mass is 79.9. The zero-order chi connectivity index (χ0) is 13.0. The van der Waals surface area contributed by atoms with Crippen molar-refractivity contribution in [2.75, 3.05) is 6.54 Å². The normalized spacial score (nSPS) is 12.8. The molecule has 2 aromatic heterocycles. The van der Waals surface area contributed by atoms with Crippen LogP contribution in [-0.4, -0.2) is 31.7 Å². The summed E-state index contributed by atoms with van der Waals surface area (Å²) in [5.74, 6) is 0. The Kier molecular flexibility index (Phi) is 4.48. The van der Waals surface area contributed by atoms with E-state index in [-0.39, 0.29) is 6.04 Å². The van der Waals surface area contributed by atoms with Gasteiger partial charge < -0.3 is 5.32 Å². The van der Waals surface area contributed by atoms with Crippen LogP contribution in [0.5, 0.6) is 0 Å². The highest BCUT2D eigenvalue weighted by molar-refractivity contribution is 9.10. The van der Waals surface area contributed by atoms with Crippen molar-refractivity contribution in [2.45, 2.75) is 32.9 Å². The molecule has 1 unspecified atom stereocenters. The molecule has 2 N–H and O–H groups in total. The molecule has 0 fully saturated rings. The summed E-state index contributed by atoms with van der Waals surface area (Å²) in [4.78, 5) is 0. The average Bonchev–Trinajstić information content (AvgIpc) is 2.98. The summed E-state index contributed by atoms with van der Waals surface area (Å²) in [5, 5.41) is 18.5. The van der Waals surface area contributed by atoms with Crippen molar-refractivity contribution in [3.05, 3.63) is 28.3 Å². The van der Waals surface area contributed by atoms with E-state index in [2.05, 4.69) is 55.6 Å². The minimum Gasteiger partial charge on any atom is -0.304 e. The Morgan fingerprint density at radius 1 is 1.44 bits per heavy atom. The van der Waals surface area contributed by atoms with Crippen LogP contribution in [0.4, 0.5) is 0 Å². The lowest BCUT2D eigenvalue weighted by Gasteiger charge is -2.17. The van der Waals surface area contributed by atoms with Gasteiger partial charge in [-0.2, -0.15) is 20.5 Å². The third-order valence-electron chi connectivity index (χ3n) is 2.68. The van der Waals surface area contributed by atoms with Crippen LogP contribution in [0.3, 0.4) is 0 Å². The molecular formula is C11H17BrN6. The molecule has 0 aliphatic carbocycles. The first-order valence-electron chi connectivity index (χ1n) is 6.08. The molecule has 2 rings (SSSR count). The number of aromatic nitrogens is 5. The molecule has 18 heavy (non-hydrogen) atoms. The van der Waals surface area contributed by atoms with E-state index in [1.54, 1.807) is 6.20 Å². The first-order chi connectivity index (χ1) is 8.77. The van der Waals surface area contributed by atoms with E-state index >= 15 is 0 Å². The van der Waals surface area contributed by atoms with Gasteiger partial charge in [-0.05, 0) is 28.9 Å². The lowest BCUT2D eigenvalue weighted by atomic mass is 10.1. The maximum absolute atomic E-state index is 4.39. The number of H-pyrrole nitrogens is 1. The van der Waals surface area contributed by atoms with Gasteiger partial charge in [0.1, 0.15) is 5.69 Å².